The number of urea groups is 1. The number of aliphatic carboxylic acids is 1. The summed E-state index contributed by atoms with van der Waals surface area (Å²) in [7, 11) is 0. The highest BCUT2D eigenvalue weighted by atomic mass is 16.5. The Morgan fingerprint density at radius 1 is 1.48 bits per heavy atom. The van der Waals surface area contributed by atoms with Gasteiger partial charge in [-0.1, -0.05) is 5.16 Å². The van der Waals surface area contributed by atoms with E-state index in [0.717, 1.165) is 24.1 Å². The number of nitrogens with zero attached hydrogens (tertiary/aromatic N) is 2. The lowest BCUT2D eigenvalue weighted by Crippen LogP contribution is -2.45. The molecule has 0 spiro atoms. The van der Waals surface area contributed by atoms with E-state index in [1.54, 1.807) is 4.90 Å². The zero-order valence-electron chi connectivity index (χ0n) is 12.4. The Morgan fingerprint density at radius 2 is 2.24 bits per heavy atom. The number of aromatic nitrogens is 1. The highest BCUT2D eigenvalue weighted by Crippen LogP contribution is 2.20. The Morgan fingerprint density at radius 3 is 2.86 bits per heavy atom. The van der Waals surface area contributed by atoms with E-state index in [-0.39, 0.29) is 18.4 Å². The monoisotopic (exact) mass is 295 g/mol. The Bertz CT molecular complexity index is 507. The van der Waals surface area contributed by atoms with Crippen LogP contribution < -0.4 is 5.32 Å². The van der Waals surface area contributed by atoms with Crippen LogP contribution in [0.5, 0.6) is 0 Å². The van der Waals surface area contributed by atoms with Crippen molar-refractivity contribution >= 4 is 12.0 Å². The molecule has 1 atom stereocenters. The highest BCUT2D eigenvalue weighted by Gasteiger charge is 2.25. The zero-order valence-corrected chi connectivity index (χ0v) is 12.4. The van der Waals surface area contributed by atoms with Crippen LogP contribution in [0.4, 0.5) is 4.79 Å². The second-order valence-corrected chi connectivity index (χ2v) is 5.51. The fourth-order valence-corrected chi connectivity index (χ4v) is 2.69. The number of aryl methyl sites for hydroxylation is 2. The van der Waals surface area contributed by atoms with Crippen LogP contribution in [0.3, 0.4) is 0 Å². The Labute approximate surface area is 123 Å². The van der Waals surface area contributed by atoms with E-state index in [1.807, 2.05) is 13.8 Å². The molecule has 1 aliphatic rings. The topological polar surface area (TPSA) is 95.7 Å². The summed E-state index contributed by atoms with van der Waals surface area (Å²) >= 11 is 0. The molecule has 0 aromatic carbocycles. The van der Waals surface area contributed by atoms with Gasteiger partial charge in [0.1, 0.15) is 5.76 Å². The number of nitrogens with one attached hydrogen (secondary N) is 1. The summed E-state index contributed by atoms with van der Waals surface area (Å²) in [5.74, 6) is -0.0609. The van der Waals surface area contributed by atoms with Gasteiger partial charge in [-0.2, -0.15) is 0 Å². The highest BCUT2D eigenvalue weighted by molar-refractivity contribution is 5.74. The average Bonchev–Trinajstić information content (AvgIpc) is 2.75. The summed E-state index contributed by atoms with van der Waals surface area (Å²) in [4.78, 5) is 24.6. The van der Waals surface area contributed by atoms with E-state index in [9.17, 15) is 9.59 Å². The van der Waals surface area contributed by atoms with Gasteiger partial charge in [0.05, 0.1) is 5.69 Å². The zero-order chi connectivity index (χ0) is 15.4. The van der Waals surface area contributed by atoms with Crippen LogP contribution in [0.2, 0.25) is 0 Å². The van der Waals surface area contributed by atoms with Crippen molar-refractivity contribution in [1.29, 1.82) is 0 Å². The molecule has 116 valence electrons. The first-order valence-electron chi connectivity index (χ1n) is 7.13. The van der Waals surface area contributed by atoms with Crippen LogP contribution >= 0.6 is 0 Å². The molecule has 21 heavy (non-hydrogen) atoms. The number of amides is 2. The number of hydrogen-bond donors (Lipinski definition) is 2. The molecule has 7 heteroatoms. The van der Waals surface area contributed by atoms with E-state index < -0.39 is 5.97 Å². The molecule has 1 saturated heterocycles. The van der Waals surface area contributed by atoms with E-state index in [4.69, 9.17) is 9.63 Å². The van der Waals surface area contributed by atoms with Gasteiger partial charge < -0.3 is 19.8 Å². The largest absolute Gasteiger partial charge is 0.481 e. The molecule has 1 aliphatic heterocycles. The fraction of sp³-hybridized carbons (Fsp3) is 0.643. The molecular formula is C14H21N3O4. The first-order chi connectivity index (χ1) is 9.97. The Balaban J connectivity index is 1.87. The summed E-state index contributed by atoms with van der Waals surface area (Å²) in [6.45, 7) is 5.19. The predicted molar refractivity (Wildman–Crippen MR) is 74.8 cm³/mol. The third-order valence-corrected chi connectivity index (χ3v) is 3.87. The lowest BCUT2D eigenvalue weighted by Gasteiger charge is -2.32. The van der Waals surface area contributed by atoms with Crippen molar-refractivity contribution in [2.75, 3.05) is 13.1 Å². The minimum absolute atomic E-state index is 0.0427. The van der Waals surface area contributed by atoms with E-state index in [1.165, 1.54) is 0 Å². The SMILES string of the molecule is Cc1noc(C)c1CNC(=O)N1CCCC(CC(=O)O)C1. The molecule has 2 amide bonds. The second kappa shape index (κ2) is 6.60. The molecular weight excluding hydrogens is 274 g/mol. The van der Waals surface area contributed by atoms with E-state index in [0.29, 0.717) is 25.4 Å². The van der Waals surface area contributed by atoms with Gasteiger partial charge in [0.2, 0.25) is 0 Å². The number of rotatable bonds is 4. The van der Waals surface area contributed by atoms with Gasteiger partial charge in [-0.15, -0.1) is 0 Å². The molecule has 1 aromatic heterocycles. The molecule has 2 N–H and O–H groups in total. The van der Waals surface area contributed by atoms with Crippen molar-refractivity contribution in [2.45, 2.75) is 39.7 Å². The quantitative estimate of drug-likeness (QED) is 0.881. The van der Waals surface area contributed by atoms with Gasteiger partial charge in [0.25, 0.3) is 0 Å². The molecule has 0 saturated carbocycles. The number of piperidine rings is 1. The first kappa shape index (κ1) is 15.3. The minimum Gasteiger partial charge on any atom is -0.481 e. The summed E-state index contributed by atoms with van der Waals surface area (Å²) in [6.07, 6.45) is 1.82. The molecule has 0 aliphatic carbocycles. The van der Waals surface area contributed by atoms with Gasteiger partial charge >= 0.3 is 12.0 Å². The number of carboxylic acids is 1. The van der Waals surface area contributed by atoms with Crippen molar-refractivity contribution in [3.8, 4) is 0 Å². The number of carbonyl (C=O) groups excluding carboxylic acids is 1. The van der Waals surface area contributed by atoms with Crippen LogP contribution in [0.1, 0.15) is 36.3 Å². The second-order valence-electron chi connectivity index (χ2n) is 5.51. The molecule has 1 fully saturated rings. The van der Waals surface area contributed by atoms with Gasteiger partial charge in [-0.3, -0.25) is 4.79 Å². The Hall–Kier alpha value is -2.05. The van der Waals surface area contributed by atoms with Crippen molar-refractivity contribution in [3.63, 3.8) is 0 Å². The maximum absolute atomic E-state index is 12.2. The van der Waals surface area contributed by atoms with Gasteiger partial charge in [0, 0.05) is 31.6 Å². The maximum Gasteiger partial charge on any atom is 0.317 e. The molecule has 1 aromatic rings. The van der Waals surface area contributed by atoms with Crippen molar-refractivity contribution in [1.82, 2.24) is 15.4 Å². The van der Waals surface area contributed by atoms with Crippen molar-refractivity contribution < 1.29 is 19.2 Å². The average molecular weight is 295 g/mol. The van der Waals surface area contributed by atoms with Gasteiger partial charge in [0.15, 0.2) is 0 Å². The standard InChI is InChI=1S/C14H21N3O4/c1-9-12(10(2)21-16-9)7-15-14(20)17-5-3-4-11(8-17)6-13(18)19/h11H,3-8H2,1-2H3,(H,15,20)(H,18,19). The fourth-order valence-electron chi connectivity index (χ4n) is 2.69. The number of carboxylic acid groups (broad SMARTS) is 1. The molecule has 0 bridgehead atoms. The summed E-state index contributed by atoms with van der Waals surface area (Å²) in [5.41, 5.74) is 1.66. The smallest absolute Gasteiger partial charge is 0.317 e. The molecule has 7 nitrogen and oxygen atoms in total. The van der Waals surface area contributed by atoms with Crippen molar-refractivity contribution in [2.24, 2.45) is 5.92 Å². The van der Waals surface area contributed by atoms with E-state index >= 15 is 0 Å². The lowest BCUT2D eigenvalue weighted by molar-refractivity contribution is -0.138. The van der Waals surface area contributed by atoms with E-state index in [2.05, 4.69) is 10.5 Å². The van der Waals surface area contributed by atoms with Crippen LogP contribution in [0.15, 0.2) is 4.52 Å². The molecule has 2 rings (SSSR count). The molecule has 1 unspecified atom stereocenters. The van der Waals surface area contributed by atoms with Crippen LogP contribution in [-0.4, -0.2) is 40.3 Å². The summed E-state index contributed by atoms with van der Waals surface area (Å²) < 4.78 is 5.05. The summed E-state index contributed by atoms with van der Waals surface area (Å²) in [6, 6.07) is -0.162. The normalized spacial score (nSPS) is 18.6. The van der Waals surface area contributed by atoms with Crippen molar-refractivity contribution in [3.05, 3.63) is 17.0 Å². The van der Waals surface area contributed by atoms with Crippen LogP contribution in [-0.2, 0) is 11.3 Å². The number of hydrogen-bond acceptors (Lipinski definition) is 4. The van der Waals surface area contributed by atoms with Crippen LogP contribution in [0.25, 0.3) is 0 Å². The van der Waals surface area contributed by atoms with Crippen LogP contribution in [0, 0.1) is 19.8 Å². The Kier molecular flexibility index (Phi) is 4.82. The third-order valence-electron chi connectivity index (χ3n) is 3.87. The number of carbonyl (C=O) groups is 2. The third kappa shape index (κ3) is 3.96. The number of likely N-dealkylation sites (tertiary alicyclic amines) is 1. The minimum atomic E-state index is -0.807. The first-order valence-corrected chi connectivity index (χ1v) is 7.13. The molecule has 2 heterocycles. The lowest BCUT2D eigenvalue weighted by atomic mass is 9.95. The van der Waals surface area contributed by atoms with Gasteiger partial charge in [-0.05, 0) is 32.6 Å². The molecule has 0 radical (unpaired) electrons. The maximum atomic E-state index is 12.2. The predicted octanol–water partition coefficient (Wildman–Crippen LogP) is 1.69. The summed E-state index contributed by atoms with van der Waals surface area (Å²) in [5, 5.41) is 15.5. The van der Waals surface area contributed by atoms with Gasteiger partial charge in [-0.25, -0.2) is 4.79 Å².